The fourth-order valence-electron chi connectivity index (χ4n) is 2.54. The number of carbonyl (C=O) groups is 1. The molecule has 1 aromatic heterocycles. The summed E-state index contributed by atoms with van der Waals surface area (Å²) >= 11 is 5.89. The number of rotatable bonds is 1. The molecule has 1 amide bonds. The first kappa shape index (κ1) is 11.7. The smallest absolute Gasteiger partial charge is 0.247 e. The molecule has 2 aliphatic heterocycles. The van der Waals surface area contributed by atoms with Gasteiger partial charge in [-0.25, -0.2) is 4.98 Å². The van der Waals surface area contributed by atoms with Crippen molar-refractivity contribution in [3.05, 3.63) is 11.0 Å². The van der Waals surface area contributed by atoms with Crippen LogP contribution >= 0.6 is 11.6 Å². The quantitative estimate of drug-likeness (QED) is 0.769. The van der Waals surface area contributed by atoms with Crippen LogP contribution in [0, 0.1) is 6.92 Å². The Bertz CT molecular complexity index is 522. The van der Waals surface area contributed by atoms with E-state index in [0.29, 0.717) is 30.2 Å². The van der Waals surface area contributed by atoms with Crippen molar-refractivity contribution < 1.29 is 9.53 Å². The molecule has 1 fully saturated rings. The number of amides is 1. The Morgan fingerprint density at radius 1 is 1.50 bits per heavy atom. The number of aryl methyl sites for hydroxylation is 1. The molecule has 6 nitrogen and oxygen atoms in total. The summed E-state index contributed by atoms with van der Waals surface area (Å²) in [6, 6.07) is -0.229. The zero-order valence-corrected chi connectivity index (χ0v) is 10.9. The number of fused-ring (bicyclic) bond motifs is 3. The Labute approximate surface area is 109 Å². The van der Waals surface area contributed by atoms with Gasteiger partial charge in [0.15, 0.2) is 5.82 Å². The number of hydrogen-bond donors (Lipinski definition) is 1. The molecule has 0 radical (unpaired) electrons. The Hall–Kier alpha value is -1.40. The fourth-order valence-corrected chi connectivity index (χ4v) is 2.74. The zero-order valence-electron chi connectivity index (χ0n) is 10.1. The molecule has 1 aromatic rings. The maximum Gasteiger partial charge on any atom is 0.247 e. The molecule has 0 aromatic carbocycles. The Morgan fingerprint density at radius 3 is 3.00 bits per heavy atom. The Morgan fingerprint density at radius 2 is 2.28 bits per heavy atom. The van der Waals surface area contributed by atoms with E-state index in [1.54, 1.807) is 14.0 Å². The maximum absolute atomic E-state index is 12.0. The molecule has 0 spiro atoms. The van der Waals surface area contributed by atoms with Crippen LogP contribution in [-0.2, 0) is 9.53 Å². The Balaban J connectivity index is 2.08. The molecule has 2 unspecified atom stereocenters. The van der Waals surface area contributed by atoms with Gasteiger partial charge in [0.2, 0.25) is 11.2 Å². The largest absolute Gasteiger partial charge is 0.380 e. The van der Waals surface area contributed by atoms with Gasteiger partial charge >= 0.3 is 0 Å². The maximum atomic E-state index is 12.0. The molecule has 0 saturated carbocycles. The lowest BCUT2D eigenvalue weighted by Crippen LogP contribution is -2.44. The molecule has 7 heteroatoms. The van der Waals surface area contributed by atoms with Crippen LogP contribution in [0.3, 0.4) is 0 Å². The van der Waals surface area contributed by atoms with E-state index in [4.69, 9.17) is 16.3 Å². The topological polar surface area (TPSA) is 67.3 Å². The van der Waals surface area contributed by atoms with E-state index in [1.807, 2.05) is 4.90 Å². The van der Waals surface area contributed by atoms with Gasteiger partial charge in [0.25, 0.3) is 0 Å². The number of halogens is 1. The third-order valence-corrected chi connectivity index (χ3v) is 3.63. The van der Waals surface area contributed by atoms with Gasteiger partial charge in [0.05, 0.1) is 11.8 Å². The summed E-state index contributed by atoms with van der Waals surface area (Å²) in [6.45, 7) is 2.45. The molecule has 18 heavy (non-hydrogen) atoms. The SMILES string of the molecule is COC1CC2C(=O)Nc3c(C)nc(Cl)nc3N2C1. The van der Waals surface area contributed by atoms with Crippen LogP contribution in [0.1, 0.15) is 12.1 Å². The molecular formula is C11H13ClN4O2. The van der Waals surface area contributed by atoms with E-state index in [-0.39, 0.29) is 23.3 Å². The molecule has 1 N–H and O–H groups in total. The van der Waals surface area contributed by atoms with E-state index >= 15 is 0 Å². The molecule has 96 valence electrons. The predicted octanol–water partition coefficient (Wildman–Crippen LogP) is 0.984. The van der Waals surface area contributed by atoms with Crippen LogP contribution in [0.25, 0.3) is 0 Å². The molecular weight excluding hydrogens is 256 g/mol. The molecule has 1 saturated heterocycles. The van der Waals surface area contributed by atoms with Crippen LogP contribution in [0.4, 0.5) is 11.5 Å². The van der Waals surface area contributed by atoms with E-state index in [1.165, 1.54) is 0 Å². The van der Waals surface area contributed by atoms with Gasteiger partial charge in [-0.3, -0.25) is 4.79 Å². The highest BCUT2D eigenvalue weighted by atomic mass is 35.5. The molecule has 0 aliphatic carbocycles. The van der Waals surface area contributed by atoms with Crippen molar-refractivity contribution in [3.8, 4) is 0 Å². The van der Waals surface area contributed by atoms with Crippen molar-refractivity contribution in [1.82, 2.24) is 9.97 Å². The minimum Gasteiger partial charge on any atom is -0.380 e. The average molecular weight is 269 g/mol. The van der Waals surface area contributed by atoms with Crippen LogP contribution in [0.2, 0.25) is 5.28 Å². The van der Waals surface area contributed by atoms with Crippen molar-refractivity contribution in [1.29, 1.82) is 0 Å². The van der Waals surface area contributed by atoms with Crippen LogP contribution in [-0.4, -0.2) is 41.7 Å². The lowest BCUT2D eigenvalue weighted by molar-refractivity contribution is -0.117. The lowest BCUT2D eigenvalue weighted by atomic mass is 10.1. The van der Waals surface area contributed by atoms with Gasteiger partial charge in [-0.15, -0.1) is 0 Å². The molecule has 2 aliphatic rings. The van der Waals surface area contributed by atoms with Crippen molar-refractivity contribution in [2.24, 2.45) is 0 Å². The van der Waals surface area contributed by atoms with Crippen LogP contribution < -0.4 is 10.2 Å². The monoisotopic (exact) mass is 268 g/mol. The fraction of sp³-hybridized carbons (Fsp3) is 0.545. The van der Waals surface area contributed by atoms with Crippen molar-refractivity contribution >= 4 is 29.0 Å². The highest BCUT2D eigenvalue weighted by Crippen LogP contribution is 2.37. The third kappa shape index (κ3) is 1.64. The standard InChI is InChI=1S/C11H13ClN4O2/c1-5-8-9(15-11(12)13-5)16-4-6(18-2)3-7(16)10(17)14-8/h6-7H,3-4H2,1-2H3,(H,14,17). The van der Waals surface area contributed by atoms with E-state index in [9.17, 15) is 4.79 Å². The number of nitrogens with zero attached hydrogens (tertiary/aromatic N) is 3. The van der Waals surface area contributed by atoms with E-state index < -0.39 is 0 Å². The summed E-state index contributed by atoms with van der Waals surface area (Å²) in [5.41, 5.74) is 1.33. The second kappa shape index (κ2) is 4.07. The zero-order chi connectivity index (χ0) is 12.9. The van der Waals surface area contributed by atoms with Gasteiger partial charge < -0.3 is 15.0 Å². The molecule has 3 rings (SSSR count). The van der Waals surface area contributed by atoms with Gasteiger partial charge in [-0.2, -0.15) is 4.98 Å². The van der Waals surface area contributed by atoms with Crippen molar-refractivity contribution in [2.45, 2.75) is 25.5 Å². The second-order valence-corrected chi connectivity index (χ2v) is 4.87. The van der Waals surface area contributed by atoms with Gasteiger partial charge in [-0.1, -0.05) is 0 Å². The summed E-state index contributed by atoms with van der Waals surface area (Å²) in [4.78, 5) is 22.3. The van der Waals surface area contributed by atoms with Gasteiger partial charge in [-0.05, 0) is 18.5 Å². The Kier molecular flexibility index (Phi) is 2.64. The third-order valence-electron chi connectivity index (χ3n) is 3.46. The number of aromatic nitrogens is 2. The summed E-state index contributed by atoms with van der Waals surface area (Å²) < 4.78 is 5.33. The number of methoxy groups -OCH3 is 1. The number of ether oxygens (including phenoxy) is 1. The minimum absolute atomic E-state index is 0.0314. The van der Waals surface area contributed by atoms with Gasteiger partial charge in [0.1, 0.15) is 11.7 Å². The highest BCUT2D eigenvalue weighted by Gasteiger charge is 2.42. The van der Waals surface area contributed by atoms with Crippen molar-refractivity contribution in [3.63, 3.8) is 0 Å². The minimum atomic E-state index is -0.229. The first-order valence-electron chi connectivity index (χ1n) is 5.74. The van der Waals surface area contributed by atoms with Crippen molar-refractivity contribution in [2.75, 3.05) is 23.9 Å². The predicted molar refractivity (Wildman–Crippen MR) is 67.0 cm³/mol. The van der Waals surface area contributed by atoms with Crippen LogP contribution in [0.5, 0.6) is 0 Å². The normalized spacial score (nSPS) is 25.7. The lowest BCUT2D eigenvalue weighted by Gasteiger charge is -2.31. The summed E-state index contributed by atoms with van der Waals surface area (Å²) in [7, 11) is 1.65. The number of hydrogen-bond acceptors (Lipinski definition) is 5. The first-order chi connectivity index (χ1) is 8.60. The van der Waals surface area contributed by atoms with E-state index in [2.05, 4.69) is 15.3 Å². The molecule has 0 bridgehead atoms. The van der Waals surface area contributed by atoms with Crippen LogP contribution in [0.15, 0.2) is 0 Å². The van der Waals surface area contributed by atoms with Gasteiger partial charge in [0, 0.05) is 20.1 Å². The summed E-state index contributed by atoms with van der Waals surface area (Å²) in [5.74, 6) is 0.660. The number of nitrogens with one attached hydrogen (secondary N) is 1. The summed E-state index contributed by atoms with van der Waals surface area (Å²) in [6.07, 6.45) is 0.711. The highest BCUT2D eigenvalue weighted by molar-refractivity contribution is 6.28. The first-order valence-corrected chi connectivity index (χ1v) is 6.12. The average Bonchev–Trinajstić information content (AvgIpc) is 2.76. The second-order valence-electron chi connectivity index (χ2n) is 4.53. The summed E-state index contributed by atoms with van der Waals surface area (Å²) in [5, 5.41) is 3.05. The number of carbonyl (C=O) groups excluding carboxylic acids is 1. The number of anilines is 2. The molecule has 2 atom stereocenters. The molecule has 3 heterocycles. The van der Waals surface area contributed by atoms with E-state index in [0.717, 1.165) is 0 Å².